The van der Waals surface area contributed by atoms with Crippen LogP contribution in [0.5, 0.6) is 0 Å². The Morgan fingerprint density at radius 1 is 1.04 bits per heavy atom. The molecule has 0 bridgehead atoms. The molecule has 0 saturated carbocycles. The van der Waals surface area contributed by atoms with E-state index < -0.39 is 0 Å². The molecule has 1 fully saturated rings. The lowest BCUT2D eigenvalue weighted by molar-refractivity contribution is 0.0684. The maximum atomic E-state index is 12.7. The molecule has 0 spiro atoms. The number of carbonyl (C=O) groups excluding carboxylic acids is 1. The number of nitrogens with zero attached hydrogens (tertiary/aromatic N) is 3. The van der Waals surface area contributed by atoms with Gasteiger partial charge in [0.2, 0.25) is 0 Å². The van der Waals surface area contributed by atoms with Crippen LogP contribution < -0.4 is 0 Å². The summed E-state index contributed by atoms with van der Waals surface area (Å²) in [6, 6.07) is 18.3. The molecule has 4 rings (SSSR count). The largest absolute Gasteiger partial charge is 0.337 e. The summed E-state index contributed by atoms with van der Waals surface area (Å²) < 4.78 is 1.76. The molecule has 122 valence electrons. The fourth-order valence-corrected chi connectivity index (χ4v) is 3.49. The Bertz CT molecular complexity index is 799. The van der Waals surface area contributed by atoms with E-state index in [4.69, 9.17) is 0 Å². The van der Waals surface area contributed by atoms with Gasteiger partial charge in [-0.05, 0) is 48.9 Å². The third-order valence-corrected chi connectivity index (χ3v) is 4.86. The highest BCUT2D eigenvalue weighted by Crippen LogP contribution is 2.23. The molecule has 0 atom stereocenters. The molecule has 24 heavy (non-hydrogen) atoms. The van der Waals surface area contributed by atoms with Gasteiger partial charge < -0.3 is 4.90 Å². The number of pyridine rings is 1. The average molecular weight is 319 g/mol. The molecule has 0 radical (unpaired) electrons. The molecule has 3 heterocycles. The number of amides is 1. The van der Waals surface area contributed by atoms with Crippen molar-refractivity contribution < 1.29 is 4.79 Å². The Balaban J connectivity index is 1.39. The first-order valence-corrected chi connectivity index (χ1v) is 8.57. The van der Waals surface area contributed by atoms with Crippen LogP contribution in [0.1, 0.15) is 28.9 Å². The van der Waals surface area contributed by atoms with Gasteiger partial charge in [0, 0.05) is 19.3 Å². The van der Waals surface area contributed by atoms with Gasteiger partial charge in [-0.2, -0.15) is 5.10 Å². The minimum absolute atomic E-state index is 0.0526. The molecule has 1 aromatic carbocycles. The number of benzene rings is 1. The second-order valence-corrected chi connectivity index (χ2v) is 6.52. The van der Waals surface area contributed by atoms with Crippen LogP contribution in [0.25, 0.3) is 5.52 Å². The van der Waals surface area contributed by atoms with Crippen LogP contribution in [-0.2, 0) is 6.42 Å². The van der Waals surface area contributed by atoms with Crippen molar-refractivity contribution in [3.8, 4) is 0 Å². The third kappa shape index (κ3) is 3.04. The van der Waals surface area contributed by atoms with Crippen molar-refractivity contribution in [1.82, 2.24) is 14.5 Å². The van der Waals surface area contributed by atoms with E-state index in [9.17, 15) is 4.79 Å². The van der Waals surface area contributed by atoms with Gasteiger partial charge in [-0.1, -0.05) is 36.4 Å². The van der Waals surface area contributed by atoms with Crippen LogP contribution in [-0.4, -0.2) is 33.5 Å². The Morgan fingerprint density at radius 2 is 1.79 bits per heavy atom. The number of hydrogen-bond acceptors (Lipinski definition) is 2. The van der Waals surface area contributed by atoms with E-state index in [0.717, 1.165) is 37.9 Å². The van der Waals surface area contributed by atoms with Gasteiger partial charge >= 0.3 is 0 Å². The maximum absolute atomic E-state index is 12.7. The van der Waals surface area contributed by atoms with Crippen molar-refractivity contribution in [2.75, 3.05) is 13.1 Å². The topological polar surface area (TPSA) is 37.6 Å². The van der Waals surface area contributed by atoms with Crippen molar-refractivity contribution in [2.24, 2.45) is 5.92 Å². The predicted octanol–water partition coefficient (Wildman–Crippen LogP) is 3.43. The SMILES string of the molecule is O=C(c1cc2ccccn2n1)N1CCC(Cc2ccccc2)CC1. The number of fused-ring (bicyclic) bond motifs is 1. The molecule has 1 saturated heterocycles. The Labute approximate surface area is 141 Å². The van der Waals surface area contributed by atoms with Crippen molar-refractivity contribution in [3.05, 3.63) is 72.1 Å². The van der Waals surface area contributed by atoms with Crippen LogP contribution in [0, 0.1) is 5.92 Å². The first-order valence-electron chi connectivity index (χ1n) is 8.57. The fraction of sp³-hybridized carbons (Fsp3) is 0.300. The van der Waals surface area contributed by atoms with Gasteiger partial charge in [0.05, 0.1) is 5.52 Å². The molecular weight excluding hydrogens is 298 g/mol. The van der Waals surface area contributed by atoms with Crippen molar-refractivity contribution in [1.29, 1.82) is 0 Å². The molecule has 1 aliphatic rings. The second kappa shape index (κ2) is 6.48. The van der Waals surface area contributed by atoms with Gasteiger partial charge in [0.15, 0.2) is 5.69 Å². The van der Waals surface area contributed by atoms with Crippen LogP contribution in [0.15, 0.2) is 60.8 Å². The molecule has 1 amide bonds. The highest BCUT2D eigenvalue weighted by Gasteiger charge is 2.25. The highest BCUT2D eigenvalue weighted by molar-refractivity contribution is 5.93. The Morgan fingerprint density at radius 3 is 2.54 bits per heavy atom. The average Bonchev–Trinajstić information content (AvgIpc) is 3.07. The maximum Gasteiger partial charge on any atom is 0.274 e. The minimum Gasteiger partial charge on any atom is -0.337 e. The number of hydrogen-bond donors (Lipinski definition) is 0. The van der Waals surface area contributed by atoms with E-state index in [0.29, 0.717) is 11.6 Å². The molecule has 4 heteroatoms. The summed E-state index contributed by atoms with van der Waals surface area (Å²) in [6.07, 6.45) is 5.11. The molecule has 0 aliphatic carbocycles. The quantitative estimate of drug-likeness (QED) is 0.742. The molecule has 4 nitrogen and oxygen atoms in total. The van der Waals surface area contributed by atoms with Crippen LogP contribution in [0.4, 0.5) is 0 Å². The number of carbonyl (C=O) groups is 1. The van der Waals surface area contributed by atoms with E-state index in [1.807, 2.05) is 35.4 Å². The van der Waals surface area contributed by atoms with Crippen LogP contribution >= 0.6 is 0 Å². The monoisotopic (exact) mass is 319 g/mol. The smallest absolute Gasteiger partial charge is 0.274 e. The zero-order valence-electron chi connectivity index (χ0n) is 13.6. The first-order chi connectivity index (χ1) is 11.8. The lowest BCUT2D eigenvalue weighted by atomic mass is 9.90. The number of likely N-dealkylation sites (tertiary alicyclic amines) is 1. The number of piperidine rings is 1. The third-order valence-electron chi connectivity index (χ3n) is 4.86. The summed E-state index contributed by atoms with van der Waals surface area (Å²) in [4.78, 5) is 14.6. The van der Waals surface area contributed by atoms with E-state index >= 15 is 0 Å². The lowest BCUT2D eigenvalue weighted by Crippen LogP contribution is -2.39. The lowest BCUT2D eigenvalue weighted by Gasteiger charge is -2.31. The second-order valence-electron chi connectivity index (χ2n) is 6.52. The molecule has 1 aliphatic heterocycles. The van der Waals surface area contributed by atoms with Gasteiger partial charge in [-0.15, -0.1) is 0 Å². The molecule has 3 aromatic rings. The summed E-state index contributed by atoms with van der Waals surface area (Å²) >= 11 is 0. The van der Waals surface area contributed by atoms with E-state index in [1.54, 1.807) is 4.52 Å². The Hall–Kier alpha value is -2.62. The fourth-order valence-electron chi connectivity index (χ4n) is 3.49. The normalized spacial score (nSPS) is 15.8. The zero-order valence-corrected chi connectivity index (χ0v) is 13.6. The van der Waals surface area contributed by atoms with Crippen molar-refractivity contribution in [3.63, 3.8) is 0 Å². The van der Waals surface area contributed by atoms with Crippen molar-refractivity contribution >= 4 is 11.4 Å². The molecule has 2 aromatic heterocycles. The minimum atomic E-state index is 0.0526. The highest BCUT2D eigenvalue weighted by atomic mass is 16.2. The van der Waals surface area contributed by atoms with Gasteiger partial charge in [0.1, 0.15) is 0 Å². The summed E-state index contributed by atoms with van der Waals surface area (Å²) in [6.45, 7) is 1.65. The summed E-state index contributed by atoms with van der Waals surface area (Å²) in [5.41, 5.74) is 2.89. The molecule has 0 unspecified atom stereocenters. The van der Waals surface area contributed by atoms with E-state index in [-0.39, 0.29) is 5.91 Å². The molecule has 0 N–H and O–H groups in total. The molecular formula is C20H21N3O. The zero-order chi connectivity index (χ0) is 16.4. The number of rotatable bonds is 3. The van der Waals surface area contributed by atoms with E-state index in [2.05, 4.69) is 35.4 Å². The predicted molar refractivity (Wildman–Crippen MR) is 94.0 cm³/mol. The first kappa shape index (κ1) is 14.9. The Kier molecular flexibility index (Phi) is 4.03. The van der Waals surface area contributed by atoms with Gasteiger partial charge in [-0.3, -0.25) is 4.79 Å². The van der Waals surface area contributed by atoms with Crippen LogP contribution in [0.2, 0.25) is 0 Å². The van der Waals surface area contributed by atoms with Gasteiger partial charge in [0.25, 0.3) is 5.91 Å². The number of aromatic nitrogens is 2. The summed E-state index contributed by atoms with van der Waals surface area (Å²) in [7, 11) is 0. The standard InChI is InChI=1S/C20H21N3O/c24-20(19-15-18-8-4-5-11-23(18)21-19)22-12-9-17(10-13-22)14-16-6-2-1-3-7-16/h1-8,11,15,17H,9-10,12-14H2. The van der Waals surface area contributed by atoms with E-state index in [1.165, 1.54) is 5.56 Å². The van der Waals surface area contributed by atoms with Crippen molar-refractivity contribution in [2.45, 2.75) is 19.3 Å². The van der Waals surface area contributed by atoms with Gasteiger partial charge in [-0.25, -0.2) is 4.52 Å². The van der Waals surface area contributed by atoms with Crippen LogP contribution in [0.3, 0.4) is 0 Å². The summed E-state index contributed by atoms with van der Waals surface area (Å²) in [5, 5.41) is 4.40. The summed E-state index contributed by atoms with van der Waals surface area (Å²) in [5.74, 6) is 0.717.